The molecular weight excluding hydrogens is 375 g/mol. The van der Waals surface area contributed by atoms with Crippen LogP contribution in [-0.2, 0) is 15.5 Å². The Morgan fingerprint density at radius 2 is 2.04 bits per heavy atom. The normalized spacial score (nSPS) is 15.4. The molecule has 0 unspecified atom stereocenters. The van der Waals surface area contributed by atoms with Gasteiger partial charge in [-0.3, -0.25) is 13.8 Å². The second-order valence-electron chi connectivity index (χ2n) is 6.15. The summed E-state index contributed by atoms with van der Waals surface area (Å²) in [4.78, 5) is 35.5. The van der Waals surface area contributed by atoms with E-state index in [0.717, 1.165) is 0 Å². The maximum Gasteiger partial charge on any atom is 0.333 e. The lowest BCUT2D eigenvalue weighted by Gasteiger charge is -2.29. The average molecular weight is 390 g/mol. The fraction of sp³-hybridized carbons (Fsp3) is 0.333. The van der Waals surface area contributed by atoms with E-state index in [1.54, 1.807) is 12.1 Å². The molecule has 3 aromatic rings. The Balaban J connectivity index is 2.02. The second kappa shape index (κ2) is 6.44. The van der Waals surface area contributed by atoms with Gasteiger partial charge in [0.2, 0.25) is 5.65 Å². The van der Waals surface area contributed by atoms with Crippen molar-refractivity contribution < 1.29 is 19.1 Å². The number of anilines is 1. The molecule has 1 fully saturated rings. The van der Waals surface area contributed by atoms with Crippen LogP contribution in [0.25, 0.3) is 16.7 Å². The van der Waals surface area contributed by atoms with Crippen LogP contribution in [0.5, 0.6) is 0 Å². The molecule has 1 saturated heterocycles. The molecule has 0 saturated carbocycles. The van der Waals surface area contributed by atoms with Gasteiger partial charge >= 0.3 is 7.60 Å². The summed E-state index contributed by atoms with van der Waals surface area (Å²) in [6.45, 7) is 2.26. The summed E-state index contributed by atoms with van der Waals surface area (Å²) in [5.41, 5.74) is 1.21. The zero-order valence-electron chi connectivity index (χ0n) is 14.0. The highest BCUT2D eigenvalue weighted by Gasteiger charge is 2.23. The van der Waals surface area contributed by atoms with Gasteiger partial charge in [0.15, 0.2) is 0 Å². The first-order chi connectivity index (χ1) is 12.9. The van der Waals surface area contributed by atoms with Crippen molar-refractivity contribution in [1.82, 2.24) is 19.6 Å². The number of H-pyrrole nitrogens is 1. The van der Waals surface area contributed by atoms with Crippen molar-refractivity contribution in [3.05, 3.63) is 33.9 Å². The molecule has 3 N–H and O–H groups in total. The number of benzene rings is 1. The van der Waals surface area contributed by atoms with Crippen molar-refractivity contribution in [1.29, 1.82) is 5.26 Å². The highest BCUT2D eigenvalue weighted by Crippen LogP contribution is 2.39. The van der Waals surface area contributed by atoms with E-state index in [0.29, 0.717) is 48.6 Å². The lowest BCUT2D eigenvalue weighted by Crippen LogP contribution is -2.36. The fourth-order valence-corrected chi connectivity index (χ4v) is 3.77. The number of ether oxygens (including phenoxy) is 1. The lowest BCUT2D eigenvalue weighted by molar-refractivity contribution is 0.122. The Morgan fingerprint density at radius 3 is 2.70 bits per heavy atom. The first-order valence-corrected chi connectivity index (χ1v) is 9.88. The summed E-state index contributed by atoms with van der Waals surface area (Å²) in [6, 6.07) is 5.38. The highest BCUT2D eigenvalue weighted by atomic mass is 31.2. The topological polar surface area (TPSA) is 157 Å². The number of hydrogen-bond donors (Lipinski definition) is 3. The fourth-order valence-electron chi connectivity index (χ4n) is 3.20. The Kier molecular flexibility index (Phi) is 4.20. The van der Waals surface area contributed by atoms with Gasteiger partial charge in [0.05, 0.1) is 35.5 Å². The van der Waals surface area contributed by atoms with Gasteiger partial charge in [-0.1, -0.05) is 0 Å². The minimum Gasteiger partial charge on any atom is -0.378 e. The number of rotatable bonds is 3. The molecule has 27 heavy (non-hydrogen) atoms. The van der Waals surface area contributed by atoms with Crippen LogP contribution in [0.3, 0.4) is 0 Å². The Labute approximate surface area is 152 Å². The van der Waals surface area contributed by atoms with E-state index in [4.69, 9.17) is 4.74 Å². The predicted molar refractivity (Wildman–Crippen MR) is 94.6 cm³/mol. The number of aromatic nitrogens is 4. The molecule has 1 aliphatic heterocycles. The molecule has 4 rings (SSSR count). The molecule has 0 radical (unpaired) electrons. The molecule has 140 valence electrons. The van der Waals surface area contributed by atoms with Gasteiger partial charge in [-0.05, 0) is 12.1 Å². The molecule has 0 spiro atoms. The van der Waals surface area contributed by atoms with E-state index in [-0.39, 0.29) is 11.5 Å². The van der Waals surface area contributed by atoms with Crippen LogP contribution in [0, 0.1) is 11.3 Å². The lowest BCUT2D eigenvalue weighted by atomic mass is 10.1. The van der Waals surface area contributed by atoms with Crippen LogP contribution in [0.4, 0.5) is 5.69 Å². The van der Waals surface area contributed by atoms with Crippen molar-refractivity contribution in [3.8, 4) is 6.07 Å². The van der Waals surface area contributed by atoms with E-state index < -0.39 is 19.3 Å². The van der Waals surface area contributed by atoms with Crippen molar-refractivity contribution in [3.63, 3.8) is 0 Å². The van der Waals surface area contributed by atoms with Gasteiger partial charge in [0.1, 0.15) is 18.1 Å². The molecule has 2 aromatic heterocycles. The number of hydrogen-bond acceptors (Lipinski definition) is 7. The molecule has 12 heteroatoms. The third kappa shape index (κ3) is 3.20. The zero-order chi connectivity index (χ0) is 19.2. The van der Waals surface area contributed by atoms with E-state index in [9.17, 15) is 24.4 Å². The van der Waals surface area contributed by atoms with E-state index in [1.807, 2.05) is 4.90 Å². The second-order valence-corrected chi connectivity index (χ2v) is 7.80. The first kappa shape index (κ1) is 17.6. The van der Waals surface area contributed by atoms with Crippen molar-refractivity contribution in [2.24, 2.45) is 0 Å². The molecule has 3 heterocycles. The maximum absolute atomic E-state index is 12.3. The van der Waals surface area contributed by atoms with Gasteiger partial charge in [-0.15, -0.1) is 10.2 Å². The van der Waals surface area contributed by atoms with E-state index >= 15 is 0 Å². The van der Waals surface area contributed by atoms with E-state index in [1.165, 1.54) is 4.40 Å². The van der Waals surface area contributed by atoms with Crippen LogP contribution >= 0.6 is 7.60 Å². The molecule has 11 nitrogen and oxygen atoms in total. The van der Waals surface area contributed by atoms with Crippen molar-refractivity contribution >= 4 is 30.0 Å². The monoisotopic (exact) mass is 390 g/mol. The summed E-state index contributed by atoms with van der Waals surface area (Å²) in [6.07, 6.45) is -0.653. The number of aromatic amines is 1. The zero-order valence-corrected chi connectivity index (χ0v) is 14.9. The Hall–Kier alpha value is -2.77. The van der Waals surface area contributed by atoms with Gasteiger partial charge in [0.25, 0.3) is 5.56 Å². The van der Waals surface area contributed by atoms with Gasteiger partial charge < -0.3 is 24.4 Å². The molecule has 1 aromatic carbocycles. The van der Waals surface area contributed by atoms with E-state index in [2.05, 4.69) is 21.3 Å². The first-order valence-electron chi connectivity index (χ1n) is 8.09. The minimum absolute atomic E-state index is 0.0212. The summed E-state index contributed by atoms with van der Waals surface area (Å²) in [7, 11) is -4.42. The third-order valence-corrected chi connectivity index (χ3v) is 5.05. The van der Waals surface area contributed by atoms with Gasteiger partial charge in [-0.25, -0.2) is 0 Å². The Morgan fingerprint density at radius 1 is 1.30 bits per heavy atom. The maximum atomic E-state index is 12.3. The van der Waals surface area contributed by atoms with Crippen LogP contribution in [0.15, 0.2) is 16.9 Å². The predicted octanol–water partition coefficient (Wildman–Crippen LogP) is -0.0432. The summed E-state index contributed by atoms with van der Waals surface area (Å²) >= 11 is 0. The molecule has 0 aliphatic carbocycles. The van der Waals surface area contributed by atoms with Crippen molar-refractivity contribution in [2.45, 2.75) is 6.16 Å². The SMILES string of the molecule is N#Cc1cc2[nH]c(=O)c3nnc(CP(=O)(O)O)n3c2cc1N1CCOCC1. The molecule has 0 amide bonds. The average Bonchev–Trinajstić information content (AvgIpc) is 3.04. The summed E-state index contributed by atoms with van der Waals surface area (Å²) in [5, 5.41) is 17.1. The highest BCUT2D eigenvalue weighted by molar-refractivity contribution is 7.50. The number of nitrogens with zero attached hydrogens (tertiary/aromatic N) is 5. The number of morpholine rings is 1. The Bertz CT molecular complexity index is 1180. The molecule has 0 bridgehead atoms. The van der Waals surface area contributed by atoms with Crippen LogP contribution in [-0.4, -0.2) is 55.7 Å². The summed E-state index contributed by atoms with van der Waals surface area (Å²) in [5.74, 6) is -0.0212. The van der Waals surface area contributed by atoms with Gasteiger partial charge in [0, 0.05) is 13.1 Å². The largest absolute Gasteiger partial charge is 0.378 e. The van der Waals surface area contributed by atoms with Crippen molar-refractivity contribution in [2.75, 3.05) is 31.2 Å². The number of fused-ring (bicyclic) bond motifs is 3. The van der Waals surface area contributed by atoms with Crippen LogP contribution in [0.1, 0.15) is 11.4 Å². The van der Waals surface area contributed by atoms with Crippen LogP contribution < -0.4 is 10.5 Å². The molecular formula is C15H15N6O5P. The summed E-state index contributed by atoms with van der Waals surface area (Å²) < 4.78 is 18.1. The third-order valence-electron chi connectivity index (χ3n) is 4.36. The number of nitrogens with one attached hydrogen (secondary N) is 1. The van der Waals surface area contributed by atoms with Crippen LogP contribution in [0.2, 0.25) is 0 Å². The molecule has 1 aliphatic rings. The van der Waals surface area contributed by atoms with Gasteiger partial charge in [-0.2, -0.15) is 5.26 Å². The quantitative estimate of drug-likeness (QED) is 0.522. The smallest absolute Gasteiger partial charge is 0.333 e. The standard InChI is InChI=1S/C15H15N6O5P/c16-7-9-5-10-12(6-11(9)20-1-3-26-4-2-20)21-13(8-27(23,24)25)18-19-14(21)15(22)17-10/h5-6H,1-4,8H2,(H,17,22)(H2,23,24,25). The molecule has 0 atom stereocenters. The minimum atomic E-state index is -4.42. The number of nitriles is 1.